The van der Waals surface area contributed by atoms with E-state index in [1.165, 1.54) is 0 Å². The van der Waals surface area contributed by atoms with Crippen molar-refractivity contribution in [3.63, 3.8) is 0 Å². The number of carbonyl (C=O) groups is 4. The standard InChI is InChI=1S/C13H7NO8/c15-10(16)4-1-2-14-6-3-5(11(17)18)8(12(19)20)9(7(4)6)13(21)22/h1-3H,(H,15,16)(H,17,18)(H,19,20)(H,21,22). The Morgan fingerprint density at radius 1 is 0.773 bits per heavy atom. The second-order valence-electron chi connectivity index (χ2n) is 4.15. The summed E-state index contributed by atoms with van der Waals surface area (Å²) in [5, 5.41) is 36.1. The largest absolute Gasteiger partial charge is 0.478 e. The lowest BCUT2D eigenvalue weighted by molar-refractivity contribution is 0.0634. The van der Waals surface area contributed by atoms with Crippen LogP contribution in [0.2, 0.25) is 0 Å². The van der Waals surface area contributed by atoms with Crippen LogP contribution in [0.3, 0.4) is 0 Å². The van der Waals surface area contributed by atoms with Gasteiger partial charge in [-0.05, 0) is 12.1 Å². The SMILES string of the molecule is O=C(O)c1cc2nccc(C(=O)O)c2c(C(=O)O)c1C(=O)O. The van der Waals surface area contributed by atoms with Crippen LogP contribution in [0.15, 0.2) is 18.3 Å². The second kappa shape index (κ2) is 5.13. The third-order valence-electron chi connectivity index (χ3n) is 2.92. The minimum Gasteiger partial charge on any atom is -0.478 e. The zero-order valence-corrected chi connectivity index (χ0v) is 10.6. The van der Waals surface area contributed by atoms with Crippen LogP contribution >= 0.6 is 0 Å². The number of carboxylic acids is 4. The quantitative estimate of drug-likeness (QED) is 0.645. The molecule has 112 valence electrons. The van der Waals surface area contributed by atoms with E-state index in [0.717, 1.165) is 18.3 Å². The molecule has 0 radical (unpaired) electrons. The average molecular weight is 305 g/mol. The van der Waals surface area contributed by atoms with Gasteiger partial charge in [-0.25, -0.2) is 19.2 Å². The summed E-state index contributed by atoms with van der Waals surface area (Å²) in [5.74, 6) is -6.71. The van der Waals surface area contributed by atoms with Gasteiger partial charge in [0, 0.05) is 11.6 Å². The molecule has 2 aromatic rings. The molecule has 9 nitrogen and oxygen atoms in total. The van der Waals surface area contributed by atoms with E-state index in [4.69, 9.17) is 15.3 Å². The fraction of sp³-hybridized carbons (Fsp3) is 0. The van der Waals surface area contributed by atoms with Gasteiger partial charge in [0.1, 0.15) is 0 Å². The molecule has 0 aliphatic heterocycles. The summed E-state index contributed by atoms with van der Waals surface area (Å²) in [6, 6.07) is 1.84. The highest BCUT2D eigenvalue weighted by atomic mass is 16.4. The molecule has 0 unspecified atom stereocenters. The first-order chi connectivity index (χ1) is 10.3. The zero-order valence-electron chi connectivity index (χ0n) is 10.6. The number of benzene rings is 1. The van der Waals surface area contributed by atoms with Crippen molar-refractivity contribution < 1.29 is 39.6 Å². The van der Waals surface area contributed by atoms with Gasteiger partial charge in [-0.1, -0.05) is 0 Å². The number of carboxylic acid groups (broad SMARTS) is 4. The van der Waals surface area contributed by atoms with E-state index >= 15 is 0 Å². The van der Waals surface area contributed by atoms with E-state index in [1.807, 2.05) is 0 Å². The summed E-state index contributed by atoms with van der Waals surface area (Å²) in [5.41, 5.74) is -3.43. The van der Waals surface area contributed by atoms with Crippen LogP contribution in [0.1, 0.15) is 41.4 Å². The molecule has 4 N–H and O–H groups in total. The molecule has 0 bridgehead atoms. The monoisotopic (exact) mass is 305 g/mol. The van der Waals surface area contributed by atoms with Crippen LogP contribution in [0.25, 0.3) is 10.9 Å². The number of nitrogens with zero attached hydrogens (tertiary/aromatic N) is 1. The van der Waals surface area contributed by atoms with Crippen LogP contribution < -0.4 is 0 Å². The summed E-state index contributed by atoms with van der Waals surface area (Å²) in [6.07, 6.45) is 1.06. The van der Waals surface area contributed by atoms with Gasteiger partial charge >= 0.3 is 23.9 Å². The molecular formula is C13H7NO8. The fourth-order valence-electron chi connectivity index (χ4n) is 2.10. The minimum atomic E-state index is -1.79. The molecule has 9 heteroatoms. The highest BCUT2D eigenvalue weighted by molar-refractivity contribution is 6.19. The van der Waals surface area contributed by atoms with Crippen molar-refractivity contribution in [3.8, 4) is 0 Å². The maximum Gasteiger partial charge on any atom is 0.337 e. The molecule has 0 spiro atoms. The van der Waals surface area contributed by atoms with Gasteiger partial charge in [-0.2, -0.15) is 0 Å². The molecule has 0 saturated carbocycles. The molecule has 0 atom stereocenters. The van der Waals surface area contributed by atoms with Crippen molar-refractivity contribution >= 4 is 34.8 Å². The topological polar surface area (TPSA) is 162 Å². The van der Waals surface area contributed by atoms with Gasteiger partial charge in [0.15, 0.2) is 0 Å². The summed E-state index contributed by atoms with van der Waals surface area (Å²) in [7, 11) is 0. The highest BCUT2D eigenvalue weighted by Crippen LogP contribution is 2.28. The third kappa shape index (κ3) is 2.20. The lowest BCUT2D eigenvalue weighted by Crippen LogP contribution is -2.17. The normalized spacial score (nSPS) is 10.4. The van der Waals surface area contributed by atoms with Gasteiger partial charge < -0.3 is 20.4 Å². The smallest absolute Gasteiger partial charge is 0.337 e. The van der Waals surface area contributed by atoms with Gasteiger partial charge in [0.25, 0.3) is 0 Å². The van der Waals surface area contributed by atoms with Gasteiger partial charge in [-0.3, -0.25) is 4.98 Å². The number of pyridine rings is 1. The van der Waals surface area contributed by atoms with Gasteiger partial charge in [-0.15, -0.1) is 0 Å². The number of rotatable bonds is 4. The van der Waals surface area contributed by atoms with Crippen molar-refractivity contribution in [3.05, 3.63) is 40.6 Å². The van der Waals surface area contributed by atoms with E-state index in [9.17, 15) is 24.3 Å². The van der Waals surface area contributed by atoms with Crippen LogP contribution in [-0.2, 0) is 0 Å². The Morgan fingerprint density at radius 3 is 1.77 bits per heavy atom. The lowest BCUT2D eigenvalue weighted by Gasteiger charge is -2.11. The Morgan fingerprint density at radius 2 is 1.32 bits per heavy atom. The third-order valence-corrected chi connectivity index (χ3v) is 2.92. The molecule has 0 aliphatic rings. The van der Waals surface area contributed by atoms with E-state index in [0.29, 0.717) is 0 Å². The predicted octanol–water partition coefficient (Wildman–Crippen LogP) is 1.03. The molecule has 22 heavy (non-hydrogen) atoms. The van der Waals surface area contributed by atoms with Crippen LogP contribution in [0, 0.1) is 0 Å². The second-order valence-corrected chi connectivity index (χ2v) is 4.15. The minimum absolute atomic E-state index is 0.236. The zero-order chi connectivity index (χ0) is 16.6. The molecular weight excluding hydrogens is 298 g/mol. The van der Waals surface area contributed by atoms with Gasteiger partial charge in [0.2, 0.25) is 0 Å². The molecule has 1 aromatic heterocycles. The van der Waals surface area contributed by atoms with Gasteiger partial charge in [0.05, 0.1) is 27.8 Å². The van der Waals surface area contributed by atoms with E-state index in [1.54, 1.807) is 0 Å². The Kier molecular flexibility index (Phi) is 3.47. The Bertz CT molecular complexity index is 855. The maximum absolute atomic E-state index is 11.4. The van der Waals surface area contributed by atoms with E-state index < -0.39 is 51.5 Å². The van der Waals surface area contributed by atoms with Crippen molar-refractivity contribution in [2.75, 3.05) is 0 Å². The van der Waals surface area contributed by atoms with E-state index in [-0.39, 0.29) is 5.52 Å². The average Bonchev–Trinajstić information content (AvgIpc) is 2.43. The number of hydrogen-bond donors (Lipinski definition) is 4. The summed E-state index contributed by atoms with van der Waals surface area (Å²) < 4.78 is 0. The summed E-state index contributed by atoms with van der Waals surface area (Å²) in [4.78, 5) is 48.8. The number of aromatic carboxylic acids is 4. The molecule has 0 fully saturated rings. The first kappa shape index (κ1) is 14.9. The summed E-state index contributed by atoms with van der Waals surface area (Å²) >= 11 is 0. The molecule has 0 amide bonds. The molecule has 0 aliphatic carbocycles. The molecule has 1 heterocycles. The van der Waals surface area contributed by atoms with Crippen molar-refractivity contribution in [1.82, 2.24) is 4.98 Å². The molecule has 2 rings (SSSR count). The molecule has 1 aromatic carbocycles. The molecule has 0 saturated heterocycles. The van der Waals surface area contributed by atoms with Crippen molar-refractivity contribution in [2.45, 2.75) is 0 Å². The summed E-state index contributed by atoms with van der Waals surface area (Å²) in [6.45, 7) is 0. The van der Waals surface area contributed by atoms with Crippen LogP contribution in [0.4, 0.5) is 0 Å². The first-order valence-electron chi connectivity index (χ1n) is 5.64. The van der Waals surface area contributed by atoms with Crippen molar-refractivity contribution in [2.24, 2.45) is 0 Å². The number of fused-ring (bicyclic) bond motifs is 1. The lowest BCUT2D eigenvalue weighted by atomic mass is 9.93. The van der Waals surface area contributed by atoms with Crippen molar-refractivity contribution in [1.29, 1.82) is 0 Å². The first-order valence-corrected chi connectivity index (χ1v) is 5.64. The number of aromatic nitrogens is 1. The van der Waals surface area contributed by atoms with Crippen LogP contribution in [-0.4, -0.2) is 49.3 Å². The Hall–Kier alpha value is -3.49. The fourth-order valence-corrected chi connectivity index (χ4v) is 2.10. The predicted molar refractivity (Wildman–Crippen MR) is 69.6 cm³/mol. The Balaban J connectivity index is 3.16. The maximum atomic E-state index is 11.4. The highest BCUT2D eigenvalue weighted by Gasteiger charge is 2.29. The Labute approximate surface area is 121 Å². The number of hydrogen-bond acceptors (Lipinski definition) is 5. The van der Waals surface area contributed by atoms with E-state index in [2.05, 4.69) is 4.98 Å². The van der Waals surface area contributed by atoms with Crippen LogP contribution in [0.5, 0.6) is 0 Å².